The molecule has 1 rings (SSSR count). The van der Waals surface area contributed by atoms with Gasteiger partial charge in [-0.2, -0.15) is 0 Å². The number of unbranched alkanes of at least 4 members (excludes halogenated alkanes) is 1. The minimum atomic E-state index is -0.427. The molecular weight excluding hydrogens is 232 g/mol. The maximum atomic E-state index is 11.6. The molecule has 0 saturated carbocycles. The van der Waals surface area contributed by atoms with Gasteiger partial charge in [0.1, 0.15) is 0 Å². The van der Waals surface area contributed by atoms with Gasteiger partial charge in [-0.25, -0.2) is 4.79 Å². The van der Waals surface area contributed by atoms with Crippen molar-refractivity contribution in [2.45, 2.75) is 12.8 Å². The van der Waals surface area contributed by atoms with Crippen molar-refractivity contribution in [1.29, 1.82) is 0 Å². The van der Waals surface area contributed by atoms with Gasteiger partial charge in [0, 0.05) is 18.7 Å². The van der Waals surface area contributed by atoms with Crippen molar-refractivity contribution in [3.8, 4) is 0 Å². The number of hydrogen-bond donors (Lipinski definition) is 2. The van der Waals surface area contributed by atoms with Crippen LogP contribution < -0.4 is 10.6 Å². The van der Waals surface area contributed by atoms with Gasteiger partial charge in [0.15, 0.2) is 0 Å². The monoisotopic (exact) mass is 250 g/mol. The molecule has 0 aromatic heterocycles. The van der Waals surface area contributed by atoms with E-state index in [0.717, 1.165) is 12.8 Å². The zero-order valence-electron chi connectivity index (χ0n) is 10.4. The van der Waals surface area contributed by atoms with E-state index in [1.807, 2.05) is 18.2 Å². The van der Waals surface area contributed by atoms with Gasteiger partial charge in [0.25, 0.3) is 5.91 Å². The molecule has 0 unspecified atom stereocenters. The van der Waals surface area contributed by atoms with Crippen LogP contribution >= 0.6 is 0 Å². The number of methoxy groups -OCH3 is 1. The van der Waals surface area contributed by atoms with Crippen LogP contribution in [0.1, 0.15) is 23.2 Å². The average molecular weight is 250 g/mol. The molecule has 98 valence electrons. The maximum Gasteiger partial charge on any atom is 0.406 e. The summed E-state index contributed by atoms with van der Waals surface area (Å²) in [5.41, 5.74) is 0.658. The van der Waals surface area contributed by atoms with E-state index >= 15 is 0 Å². The zero-order chi connectivity index (χ0) is 13.2. The Morgan fingerprint density at radius 3 is 2.28 bits per heavy atom. The number of rotatable bonds is 6. The van der Waals surface area contributed by atoms with E-state index in [-0.39, 0.29) is 5.91 Å². The molecule has 0 aliphatic rings. The van der Waals surface area contributed by atoms with Crippen LogP contribution in [0.4, 0.5) is 4.79 Å². The first-order valence-corrected chi connectivity index (χ1v) is 5.89. The minimum absolute atomic E-state index is 0.0727. The Hall–Kier alpha value is -2.04. The summed E-state index contributed by atoms with van der Waals surface area (Å²) in [4.78, 5) is 22.4. The van der Waals surface area contributed by atoms with Crippen LogP contribution in [0.15, 0.2) is 30.3 Å². The van der Waals surface area contributed by atoms with E-state index in [1.165, 1.54) is 7.11 Å². The molecule has 0 atom stereocenters. The average Bonchev–Trinajstić information content (AvgIpc) is 2.43. The predicted molar refractivity (Wildman–Crippen MR) is 68.4 cm³/mol. The van der Waals surface area contributed by atoms with Gasteiger partial charge in [0.2, 0.25) is 0 Å². The summed E-state index contributed by atoms with van der Waals surface area (Å²) in [6.45, 7) is 1.14. The van der Waals surface area contributed by atoms with Crippen molar-refractivity contribution < 1.29 is 14.3 Å². The van der Waals surface area contributed by atoms with Crippen molar-refractivity contribution in [3.05, 3.63) is 35.9 Å². The first kappa shape index (κ1) is 14.0. The fourth-order valence-corrected chi connectivity index (χ4v) is 1.41. The van der Waals surface area contributed by atoms with E-state index in [2.05, 4.69) is 15.4 Å². The summed E-state index contributed by atoms with van der Waals surface area (Å²) < 4.78 is 4.43. The van der Waals surface area contributed by atoms with Gasteiger partial charge in [0.05, 0.1) is 7.11 Å². The molecule has 2 amide bonds. The molecule has 0 aliphatic carbocycles. The smallest absolute Gasteiger partial charge is 0.406 e. The van der Waals surface area contributed by atoms with Crippen LogP contribution in [-0.4, -0.2) is 32.2 Å². The fraction of sp³-hybridized carbons (Fsp3) is 0.385. The Morgan fingerprint density at radius 2 is 1.67 bits per heavy atom. The van der Waals surface area contributed by atoms with Crippen molar-refractivity contribution in [2.75, 3.05) is 20.2 Å². The molecule has 0 aliphatic heterocycles. The third-order valence-electron chi connectivity index (χ3n) is 2.38. The lowest BCUT2D eigenvalue weighted by Crippen LogP contribution is -2.27. The number of ether oxygens (including phenoxy) is 1. The van der Waals surface area contributed by atoms with E-state index in [4.69, 9.17) is 0 Å². The largest absolute Gasteiger partial charge is 0.453 e. The Bertz CT molecular complexity index is 379. The number of carbonyl (C=O) groups excluding carboxylic acids is 2. The standard InChI is InChI=1S/C13H18N2O3/c1-18-13(17)15-10-6-5-9-14-12(16)11-7-3-2-4-8-11/h2-4,7-8H,5-6,9-10H2,1H3,(H,14,16)(H,15,17). The van der Waals surface area contributed by atoms with Crippen LogP contribution in [0.5, 0.6) is 0 Å². The quantitative estimate of drug-likeness (QED) is 0.753. The van der Waals surface area contributed by atoms with Crippen LogP contribution in [0.3, 0.4) is 0 Å². The summed E-state index contributed by atoms with van der Waals surface area (Å²) in [7, 11) is 1.33. The van der Waals surface area contributed by atoms with E-state index in [9.17, 15) is 9.59 Å². The normalized spacial score (nSPS) is 9.61. The highest BCUT2D eigenvalue weighted by Gasteiger charge is 2.02. The summed E-state index contributed by atoms with van der Waals surface area (Å²) in [6.07, 6.45) is 1.18. The van der Waals surface area contributed by atoms with Crippen LogP contribution in [0.2, 0.25) is 0 Å². The second kappa shape index (κ2) is 8.11. The molecule has 0 fully saturated rings. The molecule has 0 radical (unpaired) electrons. The predicted octanol–water partition coefficient (Wildman–Crippen LogP) is 1.55. The van der Waals surface area contributed by atoms with Crippen LogP contribution in [0.25, 0.3) is 0 Å². The number of amides is 2. The number of hydrogen-bond acceptors (Lipinski definition) is 3. The maximum absolute atomic E-state index is 11.6. The molecule has 0 saturated heterocycles. The van der Waals surface area contributed by atoms with Crippen LogP contribution in [0, 0.1) is 0 Å². The molecular formula is C13H18N2O3. The number of nitrogens with one attached hydrogen (secondary N) is 2. The van der Waals surface area contributed by atoms with E-state index in [0.29, 0.717) is 18.7 Å². The van der Waals surface area contributed by atoms with Gasteiger partial charge >= 0.3 is 6.09 Å². The Morgan fingerprint density at radius 1 is 1.06 bits per heavy atom. The molecule has 2 N–H and O–H groups in total. The van der Waals surface area contributed by atoms with Crippen LogP contribution in [-0.2, 0) is 4.74 Å². The summed E-state index contributed by atoms with van der Waals surface area (Å²) in [6, 6.07) is 9.07. The lowest BCUT2D eigenvalue weighted by molar-refractivity contribution is 0.0952. The van der Waals surface area contributed by atoms with Crippen molar-refractivity contribution in [2.24, 2.45) is 0 Å². The second-order valence-corrected chi connectivity index (χ2v) is 3.75. The highest BCUT2D eigenvalue weighted by Crippen LogP contribution is 1.97. The molecule has 0 bridgehead atoms. The molecule has 5 heteroatoms. The first-order chi connectivity index (χ1) is 8.74. The van der Waals surface area contributed by atoms with Crippen molar-refractivity contribution in [3.63, 3.8) is 0 Å². The molecule has 5 nitrogen and oxygen atoms in total. The SMILES string of the molecule is COC(=O)NCCCCNC(=O)c1ccccc1. The third-order valence-corrected chi connectivity index (χ3v) is 2.38. The summed E-state index contributed by atoms with van der Waals surface area (Å²) in [5, 5.41) is 5.40. The number of carbonyl (C=O) groups is 2. The van der Waals surface area contributed by atoms with E-state index in [1.54, 1.807) is 12.1 Å². The van der Waals surface area contributed by atoms with Gasteiger partial charge in [-0.15, -0.1) is 0 Å². The van der Waals surface area contributed by atoms with Crippen molar-refractivity contribution in [1.82, 2.24) is 10.6 Å². The van der Waals surface area contributed by atoms with E-state index < -0.39 is 6.09 Å². The number of alkyl carbamates (subject to hydrolysis) is 1. The second-order valence-electron chi connectivity index (χ2n) is 3.75. The molecule has 1 aromatic carbocycles. The number of benzene rings is 1. The van der Waals surface area contributed by atoms with Gasteiger partial charge in [-0.3, -0.25) is 4.79 Å². The first-order valence-electron chi connectivity index (χ1n) is 5.89. The summed E-state index contributed by atoms with van der Waals surface area (Å²) in [5.74, 6) is -0.0727. The van der Waals surface area contributed by atoms with Gasteiger partial charge in [-0.05, 0) is 25.0 Å². The third kappa shape index (κ3) is 5.34. The summed E-state index contributed by atoms with van der Waals surface area (Å²) >= 11 is 0. The molecule has 1 aromatic rings. The van der Waals surface area contributed by atoms with Crippen molar-refractivity contribution >= 4 is 12.0 Å². The molecule has 18 heavy (non-hydrogen) atoms. The minimum Gasteiger partial charge on any atom is -0.453 e. The highest BCUT2D eigenvalue weighted by molar-refractivity contribution is 5.94. The Kier molecular flexibility index (Phi) is 6.32. The highest BCUT2D eigenvalue weighted by atomic mass is 16.5. The Labute approximate surface area is 107 Å². The van der Waals surface area contributed by atoms with Gasteiger partial charge < -0.3 is 15.4 Å². The lowest BCUT2D eigenvalue weighted by atomic mass is 10.2. The fourth-order valence-electron chi connectivity index (χ4n) is 1.41. The topological polar surface area (TPSA) is 67.4 Å². The van der Waals surface area contributed by atoms with Gasteiger partial charge in [-0.1, -0.05) is 18.2 Å². The lowest BCUT2D eigenvalue weighted by Gasteiger charge is -2.05. The zero-order valence-corrected chi connectivity index (χ0v) is 10.4. The molecule has 0 heterocycles. The molecule has 0 spiro atoms. The Balaban J connectivity index is 2.08.